The Morgan fingerprint density at radius 3 is 2.08 bits per heavy atom. The van der Waals surface area contributed by atoms with Crippen LogP contribution in [0.1, 0.15) is 49.7 Å². The molecule has 218 valence electrons. The molecule has 1 spiro atoms. The van der Waals surface area contributed by atoms with Crippen LogP contribution in [-0.4, -0.2) is 79.8 Å². The van der Waals surface area contributed by atoms with Crippen molar-refractivity contribution >= 4 is 17.9 Å². The minimum atomic E-state index is -5.71. The highest BCUT2D eigenvalue weighted by Crippen LogP contribution is 2.42. The van der Waals surface area contributed by atoms with Gasteiger partial charge in [0.2, 0.25) is 0 Å². The zero-order valence-corrected chi connectivity index (χ0v) is 21.7. The lowest BCUT2D eigenvalue weighted by atomic mass is 9.78. The van der Waals surface area contributed by atoms with Crippen molar-refractivity contribution in [3.05, 3.63) is 29.3 Å². The number of alkyl halides is 6. The highest BCUT2D eigenvalue weighted by Gasteiger charge is 2.60. The number of halogens is 6. The predicted octanol–water partition coefficient (Wildman–Crippen LogP) is 5.32. The summed E-state index contributed by atoms with van der Waals surface area (Å²) in [4.78, 5) is 34.2. The summed E-state index contributed by atoms with van der Waals surface area (Å²) in [5.41, 5.74) is 3.66. The second-order valence-corrected chi connectivity index (χ2v) is 10.6. The minimum absolute atomic E-state index is 0.0820. The molecule has 3 aliphatic rings. The van der Waals surface area contributed by atoms with Gasteiger partial charge < -0.3 is 14.5 Å². The summed E-state index contributed by atoms with van der Waals surface area (Å²) in [5, 5.41) is 0. The molecule has 4 rings (SSSR count). The van der Waals surface area contributed by atoms with Gasteiger partial charge >= 0.3 is 24.6 Å². The Labute approximate surface area is 223 Å². The fourth-order valence-electron chi connectivity index (χ4n) is 5.71. The van der Waals surface area contributed by atoms with Gasteiger partial charge in [0, 0.05) is 45.0 Å². The number of likely N-dealkylation sites (tertiary alicyclic amines) is 2. The van der Waals surface area contributed by atoms with Crippen molar-refractivity contribution in [3.8, 4) is 0 Å². The normalized spacial score (nSPS) is 20.0. The molecule has 13 heteroatoms. The van der Waals surface area contributed by atoms with Crippen molar-refractivity contribution in [1.29, 1.82) is 0 Å². The summed E-state index contributed by atoms with van der Waals surface area (Å²) in [6.45, 7) is 6.80. The summed E-state index contributed by atoms with van der Waals surface area (Å²) in [7, 11) is 0. The van der Waals surface area contributed by atoms with Gasteiger partial charge in [-0.3, -0.25) is 4.90 Å². The van der Waals surface area contributed by atoms with E-state index in [1.807, 2.05) is 0 Å². The van der Waals surface area contributed by atoms with Gasteiger partial charge in [0.05, 0.1) is 0 Å². The zero-order valence-electron chi connectivity index (χ0n) is 21.7. The minimum Gasteiger partial charge on any atom is -0.426 e. The van der Waals surface area contributed by atoms with Crippen molar-refractivity contribution in [1.82, 2.24) is 9.80 Å². The highest BCUT2D eigenvalue weighted by atomic mass is 19.4. The maximum absolute atomic E-state index is 12.8. The molecule has 0 bridgehead atoms. The lowest BCUT2D eigenvalue weighted by Crippen LogP contribution is -2.50. The molecular formula is C26H33F6N3O4. The van der Waals surface area contributed by atoms with Crippen molar-refractivity contribution < 1.29 is 45.5 Å². The summed E-state index contributed by atoms with van der Waals surface area (Å²) >= 11 is 0. The van der Waals surface area contributed by atoms with Crippen molar-refractivity contribution in [2.45, 2.75) is 70.4 Å². The second-order valence-electron chi connectivity index (χ2n) is 10.6. The number of carbonyl (C=O) groups is 1. The average molecular weight is 566 g/mol. The van der Waals surface area contributed by atoms with Crippen LogP contribution in [0.25, 0.3) is 0 Å². The lowest BCUT2D eigenvalue weighted by Gasteiger charge is -2.39. The van der Waals surface area contributed by atoms with E-state index in [9.17, 15) is 31.1 Å². The first kappa shape index (κ1) is 30.7. The van der Waals surface area contributed by atoms with Gasteiger partial charge in [-0.15, -0.1) is 0 Å². The zero-order chi connectivity index (χ0) is 28.8. The molecule has 1 amide bonds. The Balaban J connectivity index is 0.00000134. The van der Waals surface area contributed by atoms with Gasteiger partial charge in [0.1, 0.15) is 0 Å². The number of amides is 1. The van der Waals surface area contributed by atoms with E-state index in [1.54, 1.807) is 0 Å². The highest BCUT2D eigenvalue weighted by molar-refractivity contribution is 5.68. The SMILES string of the molecule is Cc1ccc(CN2CCC3(CCN(C(=O)OC(C(F)(F)F)C(F)(F)F)CC3)C2)c(N2CCCCC2)c1.O=C=O. The molecule has 3 heterocycles. The van der Waals surface area contributed by atoms with Crippen molar-refractivity contribution in [2.75, 3.05) is 44.2 Å². The molecule has 3 fully saturated rings. The van der Waals surface area contributed by atoms with E-state index in [4.69, 9.17) is 9.59 Å². The van der Waals surface area contributed by atoms with E-state index in [-0.39, 0.29) is 24.7 Å². The molecule has 7 nitrogen and oxygen atoms in total. The standard InChI is InChI=1S/C25H33F6N3O2.CO2/c1-18-5-6-19(20(15-18)33-10-3-2-4-11-33)16-32-12-7-23(17-32)8-13-34(14-9-23)22(35)36-21(24(26,27)28)25(29,30)31;2-1-3/h5-6,15,21H,2-4,7-14,16-17H2,1H3;. The van der Waals surface area contributed by atoms with Crippen LogP contribution in [-0.2, 0) is 20.9 Å². The number of carbonyl (C=O) groups excluding carboxylic acids is 3. The number of piperidine rings is 2. The van der Waals surface area contributed by atoms with Gasteiger partial charge in [-0.25, -0.2) is 4.79 Å². The molecule has 1 aromatic carbocycles. The molecule has 0 N–H and O–H groups in total. The number of anilines is 1. The van der Waals surface area contributed by atoms with Gasteiger partial charge in [-0.1, -0.05) is 12.1 Å². The van der Waals surface area contributed by atoms with E-state index in [0.717, 1.165) is 44.0 Å². The number of benzene rings is 1. The molecule has 0 aliphatic carbocycles. The third kappa shape index (κ3) is 8.11. The van der Waals surface area contributed by atoms with Crippen LogP contribution in [0.5, 0.6) is 0 Å². The van der Waals surface area contributed by atoms with Gasteiger partial charge in [0.15, 0.2) is 0 Å². The number of hydrogen-bond donors (Lipinski definition) is 0. The predicted molar refractivity (Wildman–Crippen MR) is 128 cm³/mol. The summed E-state index contributed by atoms with van der Waals surface area (Å²) in [5.74, 6) is 0. The summed E-state index contributed by atoms with van der Waals surface area (Å²) < 4.78 is 80.4. The Morgan fingerprint density at radius 2 is 1.51 bits per heavy atom. The average Bonchev–Trinajstić information content (AvgIpc) is 3.25. The van der Waals surface area contributed by atoms with Crippen LogP contribution in [0.4, 0.5) is 36.8 Å². The summed E-state index contributed by atoms with van der Waals surface area (Å²) in [6, 6.07) is 6.54. The number of ether oxygens (including phenoxy) is 1. The molecule has 0 unspecified atom stereocenters. The van der Waals surface area contributed by atoms with E-state index in [1.165, 1.54) is 36.1 Å². The van der Waals surface area contributed by atoms with Gasteiger partial charge in [0.25, 0.3) is 6.10 Å². The topological polar surface area (TPSA) is 70.2 Å². The molecule has 3 aliphatic heterocycles. The van der Waals surface area contributed by atoms with Crippen LogP contribution in [0.3, 0.4) is 0 Å². The first-order chi connectivity index (χ1) is 18.3. The smallest absolute Gasteiger partial charge is 0.426 e. The second kappa shape index (κ2) is 12.6. The van der Waals surface area contributed by atoms with E-state index in [2.05, 4.69) is 39.7 Å². The molecular weight excluding hydrogens is 532 g/mol. The van der Waals surface area contributed by atoms with Crippen LogP contribution in [0, 0.1) is 12.3 Å². The van der Waals surface area contributed by atoms with E-state index >= 15 is 0 Å². The van der Waals surface area contributed by atoms with Crippen LogP contribution in [0.2, 0.25) is 0 Å². The number of rotatable bonds is 4. The third-order valence-electron chi connectivity index (χ3n) is 7.74. The fraction of sp³-hybridized carbons (Fsp3) is 0.692. The van der Waals surface area contributed by atoms with Crippen LogP contribution in [0.15, 0.2) is 18.2 Å². The Morgan fingerprint density at radius 1 is 0.949 bits per heavy atom. The largest absolute Gasteiger partial charge is 0.434 e. The number of hydrogen-bond acceptors (Lipinski definition) is 6. The molecule has 39 heavy (non-hydrogen) atoms. The van der Waals surface area contributed by atoms with Gasteiger partial charge in [-0.05, 0) is 74.6 Å². The van der Waals surface area contributed by atoms with E-state index in [0.29, 0.717) is 12.8 Å². The van der Waals surface area contributed by atoms with E-state index < -0.39 is 24.5 Å². The molecule has 0 aromatic heterocycles. The van der Waals surface area contributed by atoms with Crippen LogP contribution < -0.4 is 4.90 Å². The molecule has 0 radical (unpaired) electrons. The number of aryl methyl sites for hydroxylation is 1. The first-order valence-corrected chi connectivity index (χ1v) is 12.9. The molecule has 1 aromatic rings. The van der Waals surface area contributed by atoms with Crippen molar-refractivity contribution in [3.63, 3.8) is 0 Å². The Kier molecular flexibility index (Phi) is 9.93. The summed E-state index contributed by atoms with van der Waals surface area (Å²) in [6.07, 6.45) is -11.3. The quantitative estimate of drug-likeness (QED) is 0.461. The Hall–Kier alpha value is -2.79. The monoisotopic (exact) mass is 565 g/mol. The molecule has 3 saturated heterocycles. The molecule has 0 saturated carbocycles. The lowest BCUT2D eigenvalue weighted by molar-refractivity contribution is -0.308. The van der Waals surface area contributed by atoms with Gasteiger partial charge in [-0.2, -0.15) is 35.9 Å². The van der Waals surface area contributed by atoms with Crippen molar-refractivity contribution in [2.24, 2.45) is 5.41 Å². The fourth-order valence-corrected chi connectivity index (χ4v) is 5.71. The Bertz CT molecular complexity index is 998. The maximum Gasteiger partial charge on any atom is 0.434 e. The first-order valence-electron chi connectivity index (χ1n) is 12.9. The maximum atomic E-state index is 12.8. The molecule has 0 atom stereocenters. The number of nitrogens with zero attached hydrogens (tertiary/aromatic N) is 3. The third-order valence-corrected chi connectivity index (χ3v) is 7.74. The van der Waals surface area contributed by atoms with Crippen LogP contribution >= 0.6 is 0 Å².